The van der Waals surface area contributed by atoms with E-state index in [1.54, 1.807) is 22.9 Å². The highest BCUT2D eigenvalue weighted by molar-refractivity contribution is 5.94. The molecule has 0 unspecified atom stereocenters. The van der Waals surface area contributed by atoms with Crippen molar-refractivity contribution in [2.75, 3.05) is 37.1 Å². The minimum absolute atomic E-state index is 0.000511. The molecule has 10 nitrogen and oxygen atoms in total. The number of nitrogens with two attached hydrogens (primary N) is 2. The van der Waals surface area contributed by atoms with Crippen LogP contribution in [0.5, 0.6) is 0 Å². The van der Waals surface area contributed by atoms with E-state index in [1.165, 1.54) is 20.2 Å². The van der Waals surface area contributed by atoms with Gasteiger partial charge < -0.3 is 16.2 Å². The maximum atomic E-state index is 14.2. The molecule has 0 bridgehead atoms. The lowest BCUT2D eigenvalue weighted by molar-refractivity contribution is 0.180. The van der Waals surface area contributed by atoms with Crippen LogP contribution in [0.4, 0.5) is 26.5 Å². The summed E-state index contributed by atoms with van der Waals surface area (Å²) in [5, 5.41) is 5.32. The molecule has 160 valence electrons. The number of carbonyl (C=O) groups is 1. The molecule has 0 saturated carbocycles. The van der Waals surface area contributed by atoms with Crippen LogP contribution in [0.1, 0.15) is 12.0 Å². The third-order valence-corrected chi connectivity index (χ3v) is 4.91. The molecule has 1 aliphatic rings. The van der Waals surface area contributed by atoms with Gasteiger partial charge in [-0.1, -0.05) is 24.3 Å². The first-order valence-electron chi connectivity index (χ1n) is 9.50. The summed E-state index contributed by atoms with van der Waals surface area (Å²) < 4.78 is 20.5. The zero-order valence-corrected chi connectivity index (χ0v) is 17.0. The molecule has 0 fully saturated rings. The van der Waals surface area contributed by atoms with Crippen LogP contribution < -0.4 is 27.1 Å². The highest BCUT2D eigenvalue weighted by atomic mass is 19.1. The van der Waals surface area contributed by atoms with Crippen molar-refractivity contribution >= 4 is 29.5 Å². The van der Waals surface area contributed by atoms with E-state index >= 15 is 0 Å². The van der Waals surface area contributed by atoms with Crippen molar-refractivity contribution in [2.45, 2.75) is 13.0 Å². The quantitative estimate of drug-likeness (QED) is 0.629. The molecule has 3 aromatic rings. The molecule has 2 aromatic heterocycles. The summed E-state index contributed by atoms with van der Waals surface area (Å²) in [6.07, 6.45) is 2.04. The number of ether oxygens (including phenoxy) is 1. The van der Waals surface area contributed by atoms with Crippen molar-refractivity contribution in [3.05, 3.63) is 46.4 Å². The van der Waals surface area contributed by atoms with Crippen LogP contribution in [0.15, 0.2) is 29.3 Å². The Labute approximate surface area is 176 Å². The van der Waals surface area contributed by atoms with Gasteiger partial charge in [0.1, 0.15) is 17.2 Å². The van der Waals surface area contributed by atoms with E-state index < -0.39 is 6.09 Å². The Hall–Kier alpha value is -4.02. The lowest BCUT2D eigenvalue weighted by atomic mass is 10.2. The molecule has 0 spiro atoms. The molecule has 3 heterocycles. The molecular formula is C20H21FN8O2. The molecule has 0 radical (unpaired) electrons. The van der Waals surface area contributed by atoms with Gasteiger partial charge in [-0.3, -0.25) is 9.89 Å². The standard InChI is InChI=1S/C20H21FN8O2/c1-28(20(30)31-2)15-16(22)25-18(26-17(15)23)14-12-7-5-9-24-19(12)29(27-14)10-11-6-3-4-8-13(11)21/h3-4,6-8H,5,9-10H2,1-2H3,(H4,22,23,25,26). The molecule has 1 amide bonds. The van der Waals surface area contributed by atoms with Crippen LogP contribution >= 0.6 is 0 Å². The van der Waals surface area contributed by atoms with Gasteiger partial charge in [0.15, 0.2) is 22.9 Å². The lowest BCUT2D eigenvalue weighted by Crippen LogP contribution is -2.33. The molecule has 1 aromatic carbocycles. The third kappa shape index (κ3) is 3.65. The number of rotatable bonds is 4. The maximum Gasteiger partial charge on any atom is 0.413 e. The van der Waals surface area contributed by atoms with E-state index in [0.717, 1.165) is 16.5 Å². The van der Waals surface area contributed by atoms with Crippen LogP contribution in [-0.4, -0.2) is 46.5 Å². The second-order valence-electron chi connectivity index (χ2n) is 6.90. The minimum atomic E-state index is -0.659. The normalized spacial score (nSPS) is 12.5. The largest absolute Gasteiger partial charge is 0.452 e. The van der Waals surface area contributed by atoms with Crippen molar-refractivity contribution < 1.29 is 13.9 Å². The fourth-order valence-corrected chi connectivity index (χ4v) is 3.43. The summed E-state index contributed by atoms with van der Waals surface area (Å²) in [5.41, 5.74) is 13.8. The van der Waals surface area contributed by atoms with E-state index in [9.17, 15) is 9.18 Å². The molecule has 1 aliphatic heterocycles. The van der Waals surface area contributed by atoms with Crippen LogP contribution in [0.25, 0.3) is 17.6 Å². The smallest absolute Gasteiger partial charge is 0.413 e. The van der Waals surface area contributed by atoms with Crippen molar-refractivity contribution in [2.24, 2.45) is 4.99 Å². The number of nitrogen functional groups attached to an aromatic ring is 2. The van der Waals surface area contributed by atoms with Crippen molar-refractivity contribution in [3.8, 4) is 11.5 Å². The number of benzene rings is 1. The number of fused-ring (bicyclic) bond motifs is 1. The summed E-state index contributed by atoms with van der Waals surface area (Å²) in [7, 11) is 2.70. The molecule has 0 saturated heterocycles. The molecule has 11 heteroatoms. The van der Waals surface area contributed by atoms with Crippen LogP contribution in [0.2, 0.25) is 0 Å². The Bertz CT molecular complexity index is 1260. The van der Waals surface area contributed by atoms with E-state index in [0.29, 0.717) is 23.3 Å². The van der Waals surface area contributed by atoms with E-state index in [1.807, 2.05) is 6.08 Å². The topological polar surface area (TPSA) is 138 Å². The third-order valence-electron chi connectivity index (χ3n) is 4.91. The van der Waals surface area contributed by atoms with Crippen molar-refractivity contribution in [3.63, 3.8) is 0 Å². The number of carbonyl (C=O) groups excluding carboxylic acids is 1. The lowest BCUT2D eigenvalue weighted by Gasteiger charge is -2.18. The molecule has 0 atom stereocenters. The Balaban J connectivity index is 1.82. The number of hydrogen-bond donors (Lipinski definition) is 2. The van der Waals surface area contributed by atoms with Crippen LogP contribution in [0, 0.1) is 5.82 Å². The summed E-state index contributed by atoms with van der Waals surface area (Å²) in [5.74, 6) is -0.136. The van der Waals surface area contributed by atoms with Crippen LogP contribution in [-0.2, 0) is 11.3 Å². The fraction of sp³-hybridized carbons (Fsp3) is 0.250. The zero-order valence-electron chi connectivity index (χ0n) is 17.0. The van der Waals surface area contributed by atoms with Gasteiger partial charge in [0.2, 0.25) is 0 Å². The predicted octanol–water partition coefficient (Wildman–Crippen LogP) is 0.698. The van der Waals surface area contributed by atoms with E-state index in [4.69, 9.17) is 16.2 Å². The zero-order chi connectivity index (χ0) is 22.1. The van der Waals surface area contributed by atoms with Gasteiger partial charge >= 0.3 is 6.09 Å². The first-order chi connectivity index (χ1) is 14.9. The number of aromatic nitrogens is 4. The maximum absolute atomic E-state index is 14.2. The van der Waals surface area contributed by atoms with Crippen molar-refractivity contribution in [1.29, 1.82) is 0 Å². The number of halogens is 1. The fourth-order valence-electron chi connectivity index (χ4n) is 3.43. The molecule has 31 heavy (non-hydrogen) atoms. The molecular weight excluding hydrogens is 403 g/mol. The second-order valence-corrected chi connectivity index (χ2v) is 6.90. The number of nitrogens with zero attached hydrogens (tertiary/aromatic N) is 6. The van der Waals surface area contributed by atoms with Crippen molar-refractivity contribution in [1.82, 2.24) is 19.7 Å². The molecule has 4 rings (SSSR count). The van der Waals surface area contributed by atoms with Gasteiger partial charge in [-0.2, -0.15) is 5.10 Å². The first-order valence-corrected chi connectivity index (χ1v) is 9.50. The SMILES string of the molecule is COC(=O)N(C)c1c(N)nc(-c2nn(Cc3ccccc3F)c3c2=CCCN=3)nc1N. The summed E-state index contributed by atoms with van der Waals surface area (Å²) >= 11 is 0. The summed E-state index contributed by atoms with van der Waals surface area (Å²) in [4.78, 5) is 26.1. The average molecular weight is 424 g/mol. The number of methoxy groups -OCH3 is 1. The van der Waals surface area contributed by atoms with Gasteiger partial charge in [0.05, 0.1) is 13.7 Å². The monoisotopic (exact) mass is 424 g/mol. The predicted molar refractivity (Wildman–Crippen MR) is 113 cm³/mol. The number of amides is 1. The Morgan fingerprint density at radius 1 is 1.26 bits per heavy atom. The van der Waals surface area contributed by atoms with E-state index in [-0.39, 0.29) is 35.5 Å². The Kier molecular flexibility index (Phi) is 5.24. The molecule has 4 N–H and O–H groups in total. The number of anilines is 3. The van der Waals surface area contributed by atoms with Gasteiger partial charge in [-0.25, -0.2) is 23.8 Å². The summed E-state index contributed by atoms with van der Waals surface area (Å²) in [6, 6.07) is 6.49. The summed E-state index contributed by atoms with van der Waals surface area (Å²) in [6.45, 7) is 0.796. The highest BCUT2D eigenvalue weighted by Crippen LogP contribution is 2.28. The van der Waals surface area contributed by atoms with Gasteiger partial charge in [-0.15, -0.1) is 0 Å². The van der Waals surface area contributed by atoms with Crippen LogP contribution in [0.3, 0.4) is 0 Å². The highest BCUT2D eigenvalue weighted by Gasteiger charge is 2.23. The molecule has 0 aliphatic carbocycles. The van der Waals surface area contributed by atoms with Gasteiger partial charge in [0.25, 0.3) is 0 Å². The Morgan fingerprint density at radius 3 is 2.65 bits per heavy atom. The second kappa shape index (κ2) is 8.01. The number of hydrogen-bond acceptors (Lipinski definition) is 8. The van der Waals surface area contributed by atoms with E-state index in [2.05, 4.69) is 20.1 Å². The average Bonchev–Trinajstić information content (AvgIpc) is 3.12. The van der Waals surface area contributed by atoms with Gasteiger partial charge in [-0.05, 0) is 12.5 Å². The first kappa shape index (κ1) is 20.3. The van der Waals surface area contributed by atoms with Gasteiger partial charge in [0, 0.05) is 24.4 Å². The minimum Gasteiger partial charge on any atom is -0.452 e. The Morgan fingerprint density at radius 2 is 1.97 bits per heavy atom.